The Kier molecular flexibility index (Phi) is 3.91. The van der Waals surface area contributed by atoms with Gasteiger partial charge in [0.25, 0.3) is 0 Å². The normalized spacial score (nSPS) is 22.2. The van der Waals surface area contributed by atoms with Crippen LogP contribution in [0.25, 0.3) is 0 Å². The molecule has 1 fully saturated rings. The van der Waals surface area contributed by atoms with Crippen molar-refractivity contribution in [3.05, 3.63) is 35.6 Å². The van der Waals surface area contributed by atoms with Gasteiger partial charge >= 0.3 is 0 Å². The van der Waals surface area contributed by atoms with E-state index in [9.17, 15) is 9.50 Å². The Bertz CT molecular complexity index is 325. The van der Waals surface area contributed by atoms with Gasteiger partial charge in [-0.1, -0.05) is 18.6 Å². The maximum absolute atomic E-state index is 12.8. The minimum absolute atomic E-state index is 0.193. The van der Waals surface area contributed by atoms with Gasteiger partial charge in [0.05, 0.1) is 6.61 Å². The van der Waals surface area contributed by atoms with Gasteiger partial charge in [0.1, 0.15) is 5.82 Å². The molecule has 1 heterocycles. The highest BCUT2D eigenvalue weighted by Gasteiger charge is 2.21. The summed E-state index contributed by atoms with van der Waals surface area (Å²) in [6, 6.07) is 6.90. The second-order valence-electron chi connectivity index (χ2n) is 4.43. The number of hydrogen-bond acceptors (Lipinski definition) is 2. The first kappa shape index (κ1) is 11.6. The monoisotopic (exact) mass is 223 g/mol. The molecule has 1 atom stereocenters. The molecule has 0 radical (unpaired) electrons. The van der Waals surface area contributed by atoms with E-state index in [2.05, 4.69) is 4.90 Å². The number of halogens is 1. The van der Waals surface area contributed by atoms with E-state index in [0.717, 1.165) is 25.1 Å². The lowest BCUT2D eigenvalue weighted by molar-refractivity contribution is 0.0841. The summed E-state index contributed by atoms with van der Waals surface area (Å²) in [6.45, 7) is 2.06. The molecule has 0 amide bonds. The van der Waals surface area contributed by atoms with Crippen LogP contribution >= 0.6 is 0 Å². The lowest BCUT2D eigenvalue weighted by Gasteiger charge is -2.34. The van der Waals surface area contributed by atoms with Gasteiger partial charge in [-0.15, -0.1) is 0 Å². The number of likely N-dealkylation sites (tertiary alicyclic amines) is 1. The summed E-state index contributed by atoms with van der Waals surface area (Å²) in [4.78, 5) is 2.29. The minimum atomic E-state index is -0.193. The molecule has 1 N–H and O–H groups in total. The summed E-state index contributed by atoms with van der Waals surface area (Å²) in [6.07, 6.45) is 3.46. The van der Waals surface area contributed by atoms with E-state index < -0.39 is 0 Å². The molecule has 16 heavy (non-hydrogen) atoms. The van der Waals surface area contributed by atoms with Crippen molar-refractivity contribution in [2.45, 2.75) is 31.8 Å². The topological polar surface area (TPSA) is 23.5 Å². The third kappa shape index (κ3) is 2.80. The zero-order valence-electron chi connectivity index (χ0n) is 9.40. The molecule has 0 unspecified atom stereocenters. The van der Waals surface area contributed by atoms with Crippen molar-refractivity contribution in [3.8, 4) is 0 Å². The molecule has 1 saturated heterocycles. The highest BCUT2D eigenvalue weighted by atomic mass is 19.1. The number of nitrogens with zero attached hydrogens (tertiary/aromatic N) is 1. The van der Waals surface area contributed by atoms with Crippen LogP contribution in [0.5, 0.6) is 0 Å². The first-order valence-electron chi connectivity index (χ1n) is 5.89. The zero-order valence-corrected chi connectivity index (χ0v) is 9.40. The van der Waals surface area contributed by atoms with E-state index in [4.69, 9.17) is 0 Å². The fourth-order valence-corrected chi connectivity index (χ4v) is 2.30. The van der Waals surface area contributed by atoms with Crippen LogP contribution in [-0.4, -0.2) is 29.2 Å². The van der Waals surface area contributed by atoms with Gasteiger partial charge in [-0.2, -0.15) is 0 Å². The Morgan fingerprint density at radius 1 is 1.25 bits per heavy atom. The molecule has 0 aromatic heterocycles. The van der Waals surface area contributed by atoms with E-state index in [0.29, 0.717) is 0 Å². The largest absolute Gasteiger partial charge is 0.395 e. The van der Waals surface area contributed by atoms with E-state index in [1.807, 2.05) is 12.1 Å². The Morgan fingerprint density at radius 2 is 2.00 bits per heavy atom. The van der Waals surface area contributed by atoms with Crippen molar-refractivity contribution in [1.82, 2.24) is 4.90 Å². The highest BCUT2D eigenvalue weighted by Crippen LogP contribution is 2.19. The number of benzene rings is 1. The first-order chi connectivity index (χ1) is 7.79. The van der Waals surface area contributed by atoms with Crippen molar-refractivity contribution in [3.63, 3.8) is 0 Å². The maximum atomic E-state index is 12.8. The van der Waals surface area contributed by atoms with Gasteiger partial charge in [-0.25, -0.2) is 4.39 Å². The lowest BCUT2D eigenvalue weighted by Crippen LogP contribution is -2.41. The Labute approximate surface area is 95.7 Å². The number of aliphatic hydroxyl groups excluding tert-OH is 1. The van der Waals surface area contributed by atoms with Crippen molar-refractivity contribution in [2.75, 3.05) is 13.2 Å². The number of hydrogen-bond donors (Lipinski definition) is 1. The molecule has 0 aliphatic carbocycles. The number of rotatable bonds is 3. The van der Waals surface area contributed by atoms with Gasteiger partial charge in [0.2, 0.25) is 0 Å². The van der Waals surface area contributed by atoms with Gasteiger partial charge in [-0.3, -0.25) is 4.90 Å². The van der Waals surface area contributed by atoms with Gasteiger partial charge in [0, 0.05) is 12.6 Å². The average Bonchev–Trinajstić information content (AvgIpc) is 2.33. The number of aliphatic hydroxyl groups is 1. The van der Waals surface area contributed by atoms with Crippen LogP contribution in [0.3, 0.4) is 0 Å². The Balaban J connectivity index is 1.99. The van der Waals surface area contributed by atoms with Crippen LogP contribution in [-0.2, 0) is 6.54 Å². The molecule has 88 valence electrons. The third-order valence-corrected chi connectivity index (χ3v) is 3.26. The fraction of sp³-hybridized carbons (Fsp3) is 0.538. The Hall–Kier alpha value is -0.930. The van der Waals surface area contributed by atoms with Crippen LogP contribution in [0.4, 0.5) is 4.39 Å². The minimum Gasteiger partial charge on any atom is -0.395 e. The molecule has 0 bridgehead atoms. The van der Waals surface area contributed by atoms with Crippen molar-refractivity contribution in [2.24, 2.45) is 0 Å². The van der Waals surface area contributed by atoms with E-state index in [1.54, 1.807) is 0 Å². The standard InChI is InChI=1S/C13H18FNO/c14-12-6-4-11(5-7-12)9-15-8-2-1-3-13(15)10-16/h4-7,13,16H,1-3,8-10H2/t13-/m0/s1. The van der Waals surface area contributed by atoms with Crippen LogP contribution in [0.1, 0.15) is 24.8 Å². The second kappa shape index (κ2) is 5.41. The van der Waals surface area contributed by atoms with Gasteiger partial charge in [-0.05, 0) is 37.1 Å². The summed E-state index contributed by atoms with van der Waals surface area (Å²) >= 11 is 0. The summed E-state index contributed by atoms with van der Waals surface area (Å²) in [5.41, 5.74) is 1.11. The predicted octanol–water partition coefficient (Wildman–Crippen LogP) is 2.17. The van der Waals surface area contributed by atoms with Crippen LogP contribution < -0.4 is 0 Å². The highest BCUT2D eigenvalue weighted by molar-refractivity contribution is 5.16. The molecule has 1 aliphatic rings. The average molecular weight is 223 g/mol. The second-order valence-corrected chi connectivity index (χ2v) is 4.43. The lowest BCUT2D eigenvalue weighted by atomic mass is 10.0. The van der Waals surface area contributed by atoms with Crippen molar-refractivity contribution < 1.29 is 9.50 Å². The zero-order chi connectivity index (χ0) is 11.4. The molecular formula is C13H18FNO. The van der Waals surface area contributed by atoms with Crippen molar-refractivity contribution >= 4 is 0 Å². The molecule has 1 aromatic carbocycles. The summed E-state index contributed by atoms with van der Waals surface area (Å²) in [7, 11) is 0. The van der Waals surface area contributed by atoms with E-state index in [-0.39, 0.29) is 18.5 Å². The molecule has 2 rings (SSSR count). The van der Waals surface area contributed by atoms with Crippen LogP contribution in [0, 0.1) is 5.82 Å². The Morgan fingerprint density at radius 3 is 2.69 bits per heavy atom. The van der Waals surface area contributed by atoms with E-state index >= 15 is 0 Å². The third-order valence-electron chi connectivity index (χ3n) is 3.26. The maximum Gasteiger partial charge on any atom is 0.123 e. The summed E-state index contributed by atoms with van der Waals surface area (Å²) in [5, 5.41) is 9.28. The molecule has 1 aliphatic heterocycles. The van der Waals surface area contributed by atoms with Crippen LogP contribution in [0.15, 0.2) is 24.3 Å². The first-order valence-corrected chi connectivity index (χ1v) is 5.89. The predicted molar refractivity (Wildman–Crippen MR) is 61.5 cm³/mol. The van der Waals surface area contributed by atoms with Gasteiger partial charge in [0.15, 0.2) is 0 Å². The summed E-state index contributed by atoms with van der Waals surface area (Å²) in [5.74, 6) is -0.193. The molecular weight excluding hydrogens is 205 g/mol. The molecule has 2 nitrogen and oxygen atoms in total. The van der Waals surface area contributed by atoms with Crippen molar-refractivity contribution in [1.29, 1.82) is 0 Å². The quantitative estimate of drug-likeness (QED) is 0.849. The van der Waals surface area contributed by atoms with Gasteiger partial charge < -0.3 is 5.11 Å². The summed E-state index contributed by atoms with van der Waals surface area (Å²) < 4.78 is 12.8. The smallest absolute Gasteiger partial charge is 0.123 e. The number of piperidine rings is 1. The molecule has 0 saturated carbocycles. The molecule has 3 heteroatoms. The van der Waals surface area contributed by atoms with E-state index in [1.165, 1.54) is 25.0 Å². The SMILES string of the molecule is OC[C@@H]1CCCCN1Cc1ccc(F)cc1. The molecule has 1 aromatic rings. The van der Waals surface area contributed by atoms with Crippen LogP contribution in [0.2, 0.25) is 0 Å². The molecule has 0 spiro atoms. The fourth-order valence-electron chi connectivity index (χ4n) is 2.30.